The molecule has 1 aromatic carbocycles. The molecule has 0 aliphatic carbocycles. The summed E-state index contributed by atoms with van der Waals surface area (Å²) in [4.78, 5) is 3.63. The van der Waals surface area contributed by atoms with Crippen molar-refractivity contribution in [1.82, 2.24) is 19.6 Å². The van der Waals surface area contributed by atoms with Gasteiger partial charge in [-0.3, -0.25) is 0 Å². The highest BCUT2D eigenvalue weighted by molar-refractivity contribution is 7.87. The van der Waals surface area contributed by atoms with E-state index in [4.69, 9.17) is 10.5 Å². The van der Waals surface area contributed by atoms with Crippen molar-refractivity contribution in [3.05, 3.63) is 29.8 Å². The second-order valence-corrected chi connectivity index (χ2v) is 7.63. The summed E-state index contributed by atoms with van der Waals surface area (Å²) in [5.74, 6) is 0.793. The van der Waals surface area contributed by atoms with Gasteiger partial charge in [-0.05, 0) is 38.2 Å². The molecule has 0 saturated carbocycles. The number of nitrogens with zero attached hydrogens (tertiary/aromatic N) is 4. The Morgan fingerprint density at radius 3 is 2.88 bits per heavy atom. The molecule has 140 valence electrons. The molecular weight excluding hydrogens is 344 g/mol. The maximum atomic E-state index is 11.9. The van der Waals surface area contributed by atoms with Crippen molar-refractivity contribution in [2.45, 2.75) is 13.0 Å². The lowest BCUT2D eigenvalue weighted by atomic mass is 10.2. The van der Waals surface area contributed by atoms with Gasteiger partial charge in [-0.25, -0.2) is 5.43 Å². The van der Waals surface area contributed by atoms with Crippen LogP contribution in [0.4, 0.5) is 0 Å². The highest BCUT2D eigenvalue weighted by Crippen LogP contribution is 2.14. The van der Waals surface area contributed by atoms with Gasteiger partial charge in [0.05, 0.1) is 6.61 Å². The largest absolute Gasteiger partial charge is 0.494 e. The summed E-state index contributed by atoms with van der Waals surface area (Å²) in [5.41, 5.74) is 9.54. The number of guanidine groups is 1. The molecule has 0 radical (unpaired) electrons. The van der Waals surface area contributed by atoms with E-state index in [1.54, 1.807) is 11.9 Å². The highest BCUT2D eigenvalue weighted by Gasteiger charge is 2.28. The van der Waals surface area contributed by atoms with Crippen LogP contribution in [-0.4, -0.2) is 69.6 Å². The fraction of sp³-hybridized carbons (Fsp3) is 0.533. The summed E-state index contributed by atoms with van der Waals surface area (Å²) in [6.07, 6.45) is 0.646. The third kappa shape index (κ3) is 5.85. The first-order valence-corrected chi connectivity index (χ1v) is 9.37. The van der Waals surface area contributed by atoms with Crippen LogP contribution in [0.15, 0.2) is 28.7 Å². The van der Waals surface area contributed by atoms with Crippen molar-refractivity contribution >= 4 is 16.2 Å². The number of ether oxygens (including phenoxy) is 1. The Labute approximate surface area is 149 Å². The Balaban J connectivity index is 1.75. The van der Waals surface area contributed by atoms with Crippen LogP contribution < -0.4 is 15.9 Å². The maximum Gasteiger partial charge on any atom is 0.340 e. The molecule has 0 spiro atoms. The molecule has 1 heterocycles. The highest BCUT2D eigenvalue weighted by atomic mass is 32.2. The molecule has 2 rings (SSSR count). The first kappa shape index (κ1) is 19.4. The zero-order chi connectivity index (χ0) is 18.4. The number of rotatable bonds is 8. The fourth-order valence-corrected chi connectivity index (χ4v) is 3.32. The molecule has 0 aromatic heterocycles. The molecule has 1 aliphatic rings. The first-order valence-electron chi connectivity index (χ1n) is 7.97. The molecule has 0 bridgehead atoms. The van der Waals surface area contributed by atoms with Crippen molar-refractivity contribution < 1.29 is 13.2 Å². The van der Waals surface area contributed by atoms with E-state index in [1.807, 2.05) is 32.3 Å². The summed E-state index contributed by atoms with van der Waals surface area (Å²) in [5, 5.41) is 0. The van der Waals surface area contributed by atoms with E-state index in [0.717, 1.165) is 16.7 Å². The van der Waals surface area contributed by atoms with Gasteiger partial charge in [-0.1, -0.05) is 16.5 Å². The SMILES string of the molecule is CN(C)Cc1cccc(OCCCNN2CN(C)C(N)=NS2(=O)=O)c1. The monoisotopic (exact) mass is 370 g/mol. The Hall–Kier alpha value is -1.88. The van der Waals surface area contributed by atoms with Gasteiger partial charge in [-0.15, -0.1) is 4.40 Å². The third-order valence-electron chi connectivity index (χ3n) is 3.49. The molecule has 0 saturated heterocycles. The average Bonchev–Trinajstić information content (AvgIpc) is 2.51. The minimum atomic E-state index is -3.76. The molecule has 25 heavy (non-hydrogen) atoms. The van der Waals surface area contributed by atoms with Gasteiger partial charge >= 0.3 is 10.2 Å². The third-order valence-corrected chi connectivity index (χ3v) is 4.71. The van der Waals surface area contributed by atoms with E-state index in [1.165, 1.54) is 5.56 Å². The molecule has 9 nitrogen and oxygen atoms in total. The molecule has 3 N–H and O–H groups in total. The Morgan fingerprint density at radius 1 is 1.40 bits per heavy atom. The molecule has 0 atom stereocenters. The Kier molecular flexibility index (Phi) is 6.59. The minimum absolute atomic E-state index is 0.0148. The number of hydrazine groups is 1. The van der Waals surface area contributed by atoms with E-state index < -0.39 is 10.2 Å². The number of nitrogens with one attached hydrogen (secondary N) is 1. The van der Waals surface area contributed by atoms with Crippen LogP contribution >= 0.6 is 0 Å². The molecule has 0 fully saturated rings. The maximum absolute atomic E-state index is 11.9. The van der Waals surface area contributed by atoms with Gasteiger partial charge in [-0.2, -0.15) is 8.42 Å². The number of hydrogen-bond acceptors (Lipinski definition) is 7. The van der Waals surface area contributed by atoms with Crippen LogP contribution in [0.1, 0.15) is 12.0 Å². The van der Waals surface area contributed by atoms with Crippen LogP contribution in [0.2, 0.25) is 0 Å². The Bertz CT molecular complexity index is 707. The van der Waals surface area contributed by atoms with Crippen molar-refractivity contribution in [3.63, 3.8) is 0 Å². The first-order chi connectivity index (χ1) is 11.8. The zero-order valence-electron chi connectivity index (χ0n) is 14.8. The van der Waals surface area contributed by atoms with Crippen molar-refractivity contribution in [3.8, 4) is 5.75 Å². The normalized spacial score (nSPS) is 17.6. The number of nitrogens with two attached hydrogens (primary N) is 1. The van der Waals surface area contributed by atoms with Gasteiger partial charge in [0.15, 0.2) is 0 Å². The van der Waals surface area contributed by atoms with E-state index in [0.29, 0.717) is 19.6 Å². The number of benzene rings is 1. The molecule has 1 aromatic rings. The molecule has 1 aliphatic heterocycles. The quantitative estimate of drug-likeness (QED) is 0.610. The standard InChI is InChI=1S/C15H26N6O3S/c1-19(2)11-13-6-4-7-14(10-13)24-9-5-8-17-21-12-20(3)15(16)18-25(21,22)23/h4,6-7,10,17H,5,8-9,11-12H2,1-3H3,(H2,16,18). The van der Waals surface area contributed by atoms with Gasteiger partial charge in [0, 0.05) is 20.1 Å². The van der Waals surface area contributed by atoms with Crippen LogP contribution in [-0.2, 0) is 16.8 Å². The average molecular weight is 370 g/mol. The topological polar surface area (TPSA) is 104 Å². The predicted molar refractivity (Wildman–Crippen MR) is 97.0 cm³/mol. The van der Waals surface area contributed by atoms with E-state index in [-0.39, 0.29) is 12.6 Å². The van der Waals surface area contributed by atoms with Crippen LogP contribution in [0.3, 0.4) is 0 Å². The summed E-state index contributed by atoms with van der Waals surface area (Å²) in [6, 6.07) is 7.94. The van der Waals surface area contributed by atoms with Gasteiger partial charge in [0.25, 0.3) is 0 Å². The molecule has 0 amide bonds. The van der Waals surface area contributed by atoms with Crippen molar-refractivity contribution in [2.75, 3.05) is 41.0 Å². The van der Waals surface area contributed by atoms with E-state index in [2.05, 4.69) is 20.8 Å². The van der Waals surface area contributed by atoms with Gasteiger partial charge in [0.2, 0.25) is 5.96 Å². The minimum Gasteiger partial charge on any atom is -0.494 e. The zero-order valence-corrected chi connectivity index (χ0v) is 15.7. The molecular formula is C15H26N6O3S. The lowest BCUT2D eigenvalue weighted by Gasteiger charge is -2.30. The number of hydrogen-bond donors (Lipinski definition) is 2. The van der Waals surface area contributed by atoms with E-state index in [9.17, 15) is 8.42 Å². The van der Waals surface area contributed by atoms with Crippen LogP contribution in [0.5, 0.6) is 5.75 Å². The fourth-order valence-electron chi connectivity index (χ4n) is 2.27. The van der Waals surface area contributed by atoms with Gasteiger partial charge < -0.3 is 20.3 Å². The second-order valence-electron chi connectivity index (χ2n) is 6.11. The molecule has 0 unspecified atom stereocenters. The van der Waals surface area contributed by atoms with Crippen LogP contribution in [0, 0.1) is 0 Å². The summed E-state index contributed by atoms with van der Waals surface area (Å²) in [7, 11) is 1.94. The van der Waals surface area contributed by atoms with Crippen molar-refractivity contribution in [1.29, 1.82) is 0 Å². The smallest absolute Gasteiger partial charge is 0.340 e. The van der Waals surface area contributed by atoms with Crippen molar-refractivity contribution in [2.24, 2.45) is 10.1 Å². The Morgan fingerprint density at radius 2 is 2.16 bits per heavy atom. The summed E-state index contributed by atoms with van der Waals surface area (Å²) < 4.78 is 34.0. The summed E-state index contributed by atoms with van der Waals surface area (Å²) in [6.45, 7) is 1.89. The van der Waals surface area contributed by atoms with Crippen LogP contribution in [0.25, 0.3) is 0 Å². The lowest BCUT2D eigenvalue weighted by molar-refractivity contribution is 0.222. The second kappa shape index (κ2) is 8.48. The van der Waals surface area contributed by atoms with Gasteiger partial charge in [0.1, 0.15) is 12.4 Å². The predicted octanol–water partition coefficient (Wildman–Crippen LogP) is -0.214. The summed E-state index contributed by atoms with van der Waals surface area (Å²) >= 11 is 0. The lowest BCUT2D eigenvalue weighted by Crippen LogP contribution is -2.54. The molecule has 10 heteroatoms. The van der Waals surface area contributed by atoms with E-state index >= 15 is 0 Å².